The predicted octanol–water partition coefficient (Wildman–Crippen LogP) is 1.39. The van der Waals surface area contributed by atoms with Gasteiger partial charge in [0.05, 0.1) is 4.88 Å². The Labute approximate surface area is 118 Å². The average molecular weight is 279 g/mol. The number of carbonyl (C=O) groups is 1. The first-order chi connectivity index (χ1) is 9.24. The molecule has 0 radical (unpaired) electrons. The van der Waals surface area contributed by atoms with Crippen LogP contribution in [0.2, 0.25) is 0 Å². The van der Waals surface area contributed by atoms with E-state index < -0.39 is 0 Å². The average Bonchev–Trinajstić information content (AvgIpc) is 3.10. The maximum absolute atomic E-state index is 12.3. The second-order valence-electron chi connectivity index (χ2n) is 5.54. The number of amides is 1. The van der Waals surface area contributed by atoms with E-state index in [0.717, 1.165) is 50.3 Å². The van der Waals surface area contributed by atoms with Crippen LogP contribution in [0.25, 0.3) is 0 Å². The van der Waals surface area contributed by atoms with E-state index in [2.05, 4.69) is 4.90 Å². The second kappa shape index (κ2) is 5.61. The first-order valence-corrected chi connectivity index (χ1v) is 7.94. The lowest BCUT2D eigenvalue weighted by molar-refractivity contribution is 0.0774. The molecule has 2 saturated heterocycles. The molecule has 1 aromatic heterocycles. The van der Waals surface area contributed by atoms with Crippen LogP contribution in [0.3, 0.4) is 0 Å². The number of nitrogens with two attached hydrogens (primary N) is 1. The Morgan fingerprint density at radius 2 is 2.05 bits per heavy atom. The Morgan fingerprint density at radius 1 is 1.26 bits per heavy atom. The zero-order valence-corrected chi connectivity index (χ0v) is 11.9. The van der Waals surface area contributed by atoms with Gasteiger partial charge in [-0.2, -0.15) is 0 Å². The van der Waals surface area contributed by atoms with Gasteiger partial charge in [0.2, 0.25) is 0 Å². The van der Waals surface area contributed by atoms with Crippen molar-refractivity contribution in [3.63, 3.8) is 0 Å². The van der Waals surface area contributed by atoms with Crippen molar-refractivity contribution in [1.82, 2.24) is 9.80 Å². The molecule has 1 unspecified atom stereocenters. The van der Waals surface area contributed by atoms with Crippen LogP contribution in [0.15, 0.2) is 17.5 Å². The highest BCUT2D eigenvalue weighted by Crippen LogP contribution is 2.22. The summed E-state index contributed by atoms with van der Waals surface area (Å²) in [7, 11) is 0. The normalized spacial score (nSPS) is 25.9. The molecule has 3 heterocycles. The van der Waals surface area contributed by atoms with Crippen LogP contribution >= 0.6 is 11.3 Å². The molecular weight excluding hydrogens is 258 g/mol. The fraction of sp³-hybridized carbons (Fsp3) is 0.643. The largest absolute Gasteiger partial charge is 0.336 e. The molecule has 0 aromatic carbocycles. The molecule has 2 N–H and O–H groups in total. The first kappa shape index (κ1) is 13.1. The molecule has 2 fully saturated rings. The van der Waals surface area contributed by atoms with Crippen molar-refractivity contribution in [2.75, 3.05) is 26.2 Å². The summed E-state index contributed by atoms with van der Waals surface area (Å²) in [5, 5.41) is 1.97. The van der Waals surface area contributed by atoms with Crippen molar-refractivity contribution in [3.05, 3.63) is 22.4 Å². The van der Waals surface area contributed by atoms with E-state index in [1.807, 2.05) is 22.4 Å². The van der Waals surface area contributed by atoms with E-state index in [1.165, 1.54) is 11.3 Å². The molecule has 5 heteroatoms. The molecular formula is C14H21N3OS. The fourth-order valence-corrected chi connectivity index (χ4v) is 3.76. The fourth-order valence-electron chi connectivity index (χ4n) is 3.06. The molecule has 2 aliphatic heterocycles. The van der Waals surface area contributed by atoms with Crippen LogP contribution in [0.5, 0.6) is 0 Å². The minimum Gasteiger partial charge on any atom is -0.336 e. The quantitative estimate of drug-likeness (QED) is 0.890. The topological polar surface area (TPSA) is 49.6 Å². The number of thiophene rings is 1. The molecule has 1 amide bonds. The number of nitrogens with zero attached hydrogens (tertiary/aromatic N) is 2. The zero-order valence-electron chi connectivity index (χ0n) is 11.1. The summed E-state index contributed by atoms with van der Waals surface area (Å²) in [5.41, 5.74) is 5.95. The number of hydrogen-bond acceptors (Lipinski definition) is 4. The van der Waals surface area contributed by atoms with Crippen LogP contribution < -0.4 is 5.73 Å². The van der Waals surface area contributed by atoms with Gasteiger partial charge in [-0.05, 0) is 43.8 Å². The molecule has 104 valence electrons. The number of piperidine rings is 1. The minimum absolute atomic E-state index is 0.200. The third kappa shape index (κ3) is 2.83. The van der Waals surface area contributed by atoms with E-state index in [-0.39, 0.29) is 5.91 Å². The molecule has 1 aromatic rings. The maximum Gasteiger partial charge on any atom is 0.263 e. The van der Waals surface area contributed by atoms with Crippen molar-refractivity contribution < 1.29 is 4.79 Å². The highest BCUT2D eigenvalue weighted by molar-refractivity contribution is 7.12. The summed E-state index contributed by atoms with van der Waals surface area (Å²) in [6.45, 7) is 3.95. The smallest absolute Gasteiger partial charge is 0.263 e. The monoisotopic (exact) mass is 279 g/mol. The number of rotatable bonds is 2. The van der Waals surface area contributed by atoms with Crippen molar-refractivity contribution in [2.45, 2.75) is 31.3 Å². The van der Waals surface area contributed by atoms with Crippen molar-refractivity contribution >= 4 is 17.2 Å². The van der Waals surface area contributed by atoms with Gasteiger partial charge in [0.25, 0.3) is 5.91 Å². The lowest BCUT2D eigenvalue weighted by Crippen LogP contribution is -2.46. The lowest BCUT2D eigenvalue weighted by Gasteiger charge is -2.34. The van der Waals surface area contributed by atoms with Crippen LogP contribution in [0.4, 0.5) is 0 Å². The van der Waals surface area contributed by atoms with Gasteiger partial charge in [-0.25, -0.2) is 0 Å². The molecule has 1 atom stereocenters. The Balaban J connectivity index is 1.57. The standard InChI is InChI=1S/C14H21N3OS/c15-11-3-6-16(7-4-11)12-5-8-17(10-12)14(18)13-2-1-9-19-13/h1-2,9,11-12H,3-8,10,15H2. The number of hydrogen-bond donors (Lipinski definition) is 1. The molecule has 3 rings (SSSR count). The van der Waals surface area contributed by atoms with Gasteiger partial charge in [-0.3, -0.25) is 9.69 Å². The summed E-state index contributed by atoms with van der Waals surface area (Å²) >= 11 is 1.53. The molecule has 0 spiro atoms. The van der Waals surface area contributed by atoms with Crippen molar-refractivity contribution in [2.24, 2.45) is 5.73 Å². The zero-order chi connectivity index (χ0) is 13.2. The Morgan fingerprint density at radius 3 is 2.74 bits per heavy atom. The van der Waals surface area contributed by atoms with Gasteiger partial charge in [0, 0.05) is 25.2 Å². The van der Waals surface area contributed by atoms with Gasteiger partial charge in [0.1, 0.15) is 0 Å². The predicted molar refractivity (Wildman–Crippen MR) is 77.4 cm³/mol. The van der Waals surface area contributed by atoms with E-state index >= 15 is 0 Å². The summed E-state index contributed by atoms with van der Waals surface area (Å²) in [6, 6.07) is 4.77. The van der Waals surface area contributed by atoms with Gasteiger partial charge in [0.15, 0.2) is 0 Å². The van der Waals surface area contributed by atoms with Gasteiger partial charge in [-0.15, -0.1) is 11.3 Å². The van der Waals surface area contributed by atoms with Crippen LogP contribution in [0.1, 0.15) is 28.9 Å². The van der Waals surface area contributed by atoms with Crippen LogP contribution in [-0.2, 0) is 0 Å². The molecule has 19 heavy (non-hydrogen) atoms. The Kier molecular flexibility index (Phi) is 3.86. The first-order valence-electron chi connectivity index (χ1n) is 7.06. The van der Waals surface area contributed by atoms with E-state index in [0.29, 0.717) is 12.1 Å². The van der Waals surface area contributed by atoms with Gasteiger partial charge < -0.3 is 10.6 Å². The van der Waals surface area contributed by atoms with Crippen LogP contribution in [0, 0.1) is 0 Å². The van der Waals surface area contributed by atoms with Gasteiger partial charge >= 0.3 is 0 Å². The number of likely N-dealkylation sites (tertiary alicyclic amines) is 2. The summed E-state index contributed by atoms with van der Waals surface area (Å²) < 4.78 is 0. The Bertz CT molecular complexity index is 426. The molecule has 0 bridgehead atoms. The summed E-state index contributed by atoms with van der Waals surface area (Å²) in [6.07, 6.45) is 3.29. The third-order valence-corrected chi connectivity index (χ3v) is 5.13. The summed E-state index contributed by atoms with van der Waals surface area (Å²) in [4.78, 5) is 17.7. The van der Waals surface area contributed by atoms with E-state index in [1.54, 1.807) is 0 Å². The second-order valence-corrected chi connectivity index (χ2v) is 6.49. The van der Waals surface area contributed by atoms with E-state index in [4.69, 9.17) is 5.73 Å². The maximum atomic E-state index is 12.3. The van der Waals surface area contributed by atoms with Gasteiger partial charge in [-0.1, -0.05) is 6.07 Å². The van der Waals surface area contributed by atoms with E-state index in [9.17, 15) is 4.79 Å². The van der Waals surface area contributed by atoms with Crippen molar-refractivity contribution in [1.29, 1.82) is 0 Å². The minimum atomic E-state index is 0.200. The summed E-state index contributed by atoms with van der Waals surface area (Å²) in [5.74, 6) is 0.200. The van der Waals surface area contributed by atoms with Crippen LogP contribution in [-0.4, -0.2) is 54.0 Å². The lowest BCUT2D eigenvalue weighted by atomic mass is 10.0. The molecule has 4 nitrogen and oxygen atoms in total. The molecule has 0 saturated carbocycles. The molecule has 2 aliphatic rings. The SMILES string of the molecule is NC1CCN(C2CCN(C(=O)c3cccs3)C2)CC1. The molecule has 0 aliphatic carbocycles. The number of carbonyl (C=O) groups excluding carboxylic acids is 1. The van der Waals surface area contributed by atoms with Crippen molar-refractivity contribution in [3.8, 4) is 0 Å². The highest BCUT2D eigenvalue weighted by Gasteiger charge is 2.32. The Hall–Kier alpha value is -0.910. The highest BCUT2D eigenvalue weighted by atomic mass is 32.1. The third-order valence-electron chi connectivity index (χ3n) is 4.27.